The van der Waals surface area contributed by atoms with Gasteiger partial charge >= 0.3 is 11.9 Å². The van der Waals surface area contributed by atoms with Crippen LogP contribution in [0.2, 0.25) is 0 Å². The fraction of sp³-hybridized carbons (Fsp3) is 0.833. The number of aliphatic carboxylic acids is 2. The highest BCUT2D eigenvalue weighted by Gasteiger charge is 2.63. The molecular formula is C24H44O5. The first-order chi connectivity index (χ1) is 13.7. The highest BCUT2D eigenvalue weighted by Crippen LogP contribution is 2.50. The van der Waals surface area contributed by atoms with Crippen LogP contribution in [-0.4, -0.2) is 34.4 Å². The van der Waals surface area contributed by atoms with E-state index in [0.717, 1.165) is 25.7 Å². The maximum atomic E-state index is 12.2. The zero-order valence-electron chi connectivity index (χ0n) is 19.2. The van der Waals surface area contributed by atoms with Gasteiger partial charge in [-0.25, -0.2) is 4.79 Å². The second-order valence-electron chi connectivity index (χ2n) is 8.59. The fourth-order valence-electron chi connectivity index (χ4n) is 4.35. The molecule has 2 atom stereocenters. The highest BCUT2D eigenvalue weighted by molar-refractivity contribution is 5.89. The van der Waals surface area contributed by atoms with Crippen LogP contribution in [0, 0.1) is 5.41 Å². The lowest BCUT2D eigenvalue weighted by Crippen LogP contribution is -2.61. The van der Waals surface area contributed by atoms with Crippen molar-refractivity contribution in [2.45, 2.75) is 117 Å². The predicted molar refractivity (Wildman–Crippen MR) is 118 cm³/mol. The zero-order chi connectivity index (χ0) is 22.3. The Morgan fingerprint density at radius 3 is 1.79 bits per heavy atom. The van der Waals surface area contributed by atoms with E-state index in [4.69, 9.17) is 4.74 Å². The summed E-state index contributed by atoms with van der Waals surface area (Å²) in [5.74, 6) is -2.12. The molecule has 0 aromatic carbocycles. The number of unbranched alkanes of at least 4 members (excludes halogenated alkanes) is 7. The van der Waals surface area contributed by atoms with Crippen molar-refractivity contribution < 1.29 is 24.5 Å². The molecular weight excluding hydrogens is 368 g/mol. The lowest BCUT2D eigenvalue weighted by molar-refractivity contribution is -0.209. The first-order valence-corrected chi connectivity index (χ1v) is 11.4. The second kappa shape index (κ2) is 14.6. The minimum absolute atomic E-state index is 0.221. The summed E-state index contributed by atoms with van der Waals surface area (Å²) in [5, 5.41) is 19.8. The largest absolute Gasteiger partial charge is 0.481 e. The quantitative estimate of drug-likeness (QED) is 0.263. The molecule has 0 aromatic rings. The van der Waals surface area contributed by atoms with Crippen LogP contribution in [0.1, 0.15) is 111 Å². The van der Waals surface area contributed by atoms with Crippen molar-refractivity contribution in [2.75, 3.05) is 6.61 Å². The van der Waals surface area contributed by atoms with Crippen molar-refractivity contribution in [1.82, 2.24) is 0 Å². The molecule has 1 aliphatic carbocycles. The molecule has 2 N–H and O–H groups in total. The van der Waals surface area contributed by atoms with Gasteiger partial charge in [0.25, 0.3) is 0 Å². The van der Waals surface area contributed by atoms with Gasteiger partial charge in [-0.2, -0.15) is 0 Å². The summed E-state index contributed by atoms with van der Waals surface area (Å²) in [5.41, 5.74) is -1.71. The first kappa shape index (κ1) is 27.6. The third-order valence-electron chi connectivity index (χ3n) is 5.76. The number of hydrogen-bond acceptors (Lipinski definition) is 3. The molecule has 0 bridgehead atoms. The molecule has 170 valence electrons. The summed E-state index contributed by atoms with van der Waals surface area (Å²) in [7, 11) is 0. The van der Waals surface area contributed by atoms with Crippen molar-refractivity contribution in [2.24, 2.45) is 5.41 Å². The molecule has 0 heterocycles. The lowest BCUT2D eigenvalue weighted by atomic mass is 9.60. The van der Waals surface area contributed by atoms with Gasteiger partial charge in [0.1, 0.15) is 5.41 Å². The average Bonchev–Trinajstić information content (AvgIpc) is 2.64. The zero-order valence-corrected chi connectivity index (χ0v) is 19.2. The molecule has 0 amide bonds. The van der Waals surface area contributed by atoms with Gasteiger partial charge in [-0.1, -0.05) is 70.3 Å². The Kier molecular flexibility index (Phi) is 13.9. The normalized spacial score (nSPS) is 23.7. The Bertz CT molecular complexity index is 493. The molecule has 0 aliphatic heterocycles. The van der Waals surface area contributed by atoms with Crippen LogP contribution < -0.4 is 0 Å². The molecule has 0 aromatic heterocycles. The van der Waals surface area contributed by atoms with Gasteiger partial charge in [0.05, 0.1) is 0 Å². The smallest absolute Gasteiger partial charge is 0.337 e. The van der Waals surface area contributed by atoms with Crippen molar-refractivity contribution in [1.29, 1.82) is 0 Å². The summed E-state index contributed by atoms with van der Waals surface area (Å²) >= 11 is 0. The Morgan fingerprint density at radius 2 is 1.34 bits per heavy atom. The average molecular weight is 413 g/mol. The van der Waals surface area contributed by atoms with Crippen LogP contribution >= 0.6 is 0 Å². The number of rotatable bonds is 13. The van der Waals surface area contributed by atoms with Crippen molar-refractivity contribution >= 4 is 11.9 Å². The van der Waals surface area contributed by atoms with Crippen LogP contribution in [-0.2, 0) is 14.3 Å². The van der Waals surface area contributed by atoms with Crippen molar-refractivity contribution in [3.8, 4) is 0 Å². The van der Waals surface area contributed by atoms with Crippen LogP contribution in [0.4, 0.5) is 0 Å². The van der Waals surface area contributed by atoms with Crippen LogP contribution in [0.25, 0.3) is 0 Å². The molecule has 5 heteroatoms. The molecule has 1 rings (SSSR count). The number of carbonyl (C=O) groups is 2. The maximum Gasteiger partial charge on any atom is 0.337 e. The summed E-state index contributed by atoms with van der Waals surface area (Å²) < 4.78 is 5.65. The molecule has 2 unspecified atom stereocenters. The van der Waals surface area contributed by atoms with Gasteiger partial charge in [-0.3, -0.25) is 4.79 Å². The number of carboxylic acids is 2. The van der Waals surface area contributed by atoms with E-state index in [1.807, 2.05) is 13.8 Å². The highest BCUT2D eigenvalue weighted by atomic mass is 16.5. The molecule has 0 radical (unpaired) electrons. The van der Waals surface area contributed by atoms with Gasteiger partial charge in [-0.15, -0.1) is 6.58 Å². The molecule has 29 heavy (non-hydrogen) atoms. The third kappa shape index (κ3) is 8.49. The fourth-order valence-corrected chi connectivity index (χ4v) is 4.35. The van der Waals surface area contributed by atoms with Crippen molar-refractivity contribution in [3.05, 3.63) is 12.2 Å². The molecule has 0 spiro atoms. The minimum Gasteiger partial charge on any atom is -0.481 e. The van der Waals surface area contributed by atoms with Gasteiger partial charge in [0.15, 0.2) is 5.60 Å². The SMILES string of the molecule is C=C(C)C.CCCCCCCCCCC1(C(=O)O)CCCCC1(OCC)C(=O)O. The number of ether oxygens (including phenoxy) is 1. The topological polar surface area (TPSA) is 83.8 Å². The number of allylic oxidation sites excluding steroid dienone is 1. The Hall–Kier alpha value is -1.36. The molecule has 1 saturated carbocycles. The van der Waals surface area contributed by atoms with Gasteiger partial charge in [0, 0.05) is 6.61 Å². The molecule has 0 saturated heterocycles. The van der Waals surface area contributed by atoms with E-state index in [0.29, 0.717) is 25.7 Å². The Morgan fingerprint density at radius 1 is 0.862 bits per heavy atom. The van der Waals surface area contributed by atoms with E-state index in [9.17, 15) is 19.8 Å². The standard InChI is InChI=1S/C20H36O5.C4H8/c1-3-5-6-7-8-9-10-11-14-19(17(21)22)15-12-13-16-20(19,18(23)24)25-4-2;1-4(2)3/h3-16H2,1-2H3,(H,21,22)(H,23,24);1H2,2-3H3. The maximum absolute atomic E-state index is 12.2. The van der Waals surface area contributed by atoms with Gasteiger partial charge in [-0.05, 0) is 46.5 Å². The predicted octanol–water partition coefficient (Wildman–Crippen LogP) is 6.60. The summed E-state index contributed by atoms with van der Waals surface area (Å²) in [6.45, 7) is 11.7. The van der Waals surface area contributed by atoms with Gasteiger partial charge in [0.2, 0.25) is 0 Å². The van der Waals surface area contributed by atoms with Crippen LogP contribution in [0.3, 0.4) is 0 Å². The summed E-state index contributed by atoms with van der Waals surface area (Å²) in [4.78, 5) is 24.2. The van der Waals surface area contributed by atoms with E-state index in [2.05, 4.69) is 13.5 Å². The molecule has 1 aliphatic rings. The second-order valence-corrected chi connectivity index (χ2v) is 8.59. The summed E-state index contributed by atoms with van der Waals surface area (Å²) in [6.07, 6.45) is 11.5. The Labute approximate surface area is 177 Å². The molecule has 5 nitrogen and oxygen atoms in total. The minimum atomic E-state index is -1.58. The summed E-state index contributed by atoms with van der Waals surface area (Å²) in [6, 6.07) is 0. The van der Waals surface area contributed by atoms with E-state index in [1.54, 1.807) is 6.92 Å². The van der Waals surface area contributed by atoms with E-state index < -0.39 is 23.0 Å². The monoisotopic (exact) mass is 412 g/mol. The Balaban J connectivity index is 0.00000178. The van der Waals surface area contributed by atoms with Crippen LogP contribution in [0.15, 0.2) is 12.2 Å². The van der Waals surface area contributed by atoms with Crippen molar-refractivity contribution in [3.63, 3.8) is 0 Å². The van der Waals surface area contributed by atoms with E-state index in [-0.39, 0.29) is 6.61 Å². The lowest BCUT2D eigenvalue weighted by Gasteiger charge is -2.47. The number of hydrogen-bond donors (Lipinski definition) is 2. The van der Waals surface area contributed by atoms with E-state index in [1.165, 1.54) is 37.7 Å². The van der Waals surface area contributed by atoms with Crippen LogP contribution in [0.5, 0.6) is 0 Å². The van der Waals surface area contributed by atoms with E-state index >= 15 is 0 Å². The van der Waals surface area contributed by atoms with Gasteiger partial charge < -0.3 is 14.9 Å². The molecule has 1 fully saturated rings. The third-order valence-corrected chi connectivity index (χ3v) is 5.76. The first-order valence-electron chi connectivity index (χ1n) is 11.4. The number of carboxylic acid groups (broad SMARTS) is 2.